The first-order valence-corrected chi connectivity index (χ1v) is 9.70. The van der Waals surface area contributed by atoms with Gasteiger partial charge in [-0.25, -0.2) is 0 Å². The summed E-state index contributed by atoms with van der Waals surface area (Å²) in [5, 5.41) is 0. The van der Waals surface area contributed by atoms with Gasteiger partial charge in [0.25, 0.3) is 0 Å². The summed E-state index contributed by atoms with van der Waals surface area (Å²) in [4.78, 5) is 0. The smallest absolute Gasteiger partial charge is 0.122 e. The summed E-state index contributed by atoms with van der Waals surface area (Å²) >= 11 is 0. The predicted octanol–water partition coefficient (Wildman–Crippen LogP) is 6.05. The Hall–Kier alpha value is -1.44. The Balaban J connectivity index is 1.96. The van der Waals surface area contributed by atoms with E-state index in [0.29, 0.717) is 16.7 Å². The number of hydrogen-bond acceptors (Lipinski definition) is 2. The quantitative estimate of drug-likeness (QED) is 0.621. The maximum Gasteiger partial charge on any atom is 0.122 e. The third-order valence-electron chi connectivity index (χ3n) is 7.23. The summed E-state index contributed by atoms with van der Waals surface area (Å²) in [6.07, 6.45) is 7.47. The maximum absolute atomic E-state index is 5.65. The molecule has 2 saturated carbocycles. The number of methoxy groups -OCH3 is 2. The van der Waals surface area contributed by atoms with E-state index in [0.717, 1.165) is 23.8 Å². The lowest BCUT2D eigenvalue weighted by Crippen LogP contribution is -2.50. The van der Waals surface area contributed by atoms with E-state index < -0.39 is 0 Å². The molecular formula is C23H34O2. The summed E-state index contributed by atoms with van der Waals surface area (Å²) in [6.45, 7) is 12.0. The van der Waals surface area contributed by atoms with Crippen LogP contribution in [-0.2, 0) is 6.42 Å². The molecule has 0 bridgehead atoms. The van der Waals surface area contributed by atoms with Crippen LogP contribution < -0.4 is 9.47 Å². The molecule has 138 valence electrons. The van der Waals surface area contributed by atoms with Gasteiger partial charge in [0, 0.05) is 0 Å². The Morgan fingerprint density at radius 1 is 1.12 bits per heavy atom. The Morgan fingerprint density at radius 3 is 2.56 bits per heavy atom. The van der Waals surface area contributed by atoms with Crippen molar-refractivity contribution in [1.29, 1.82) is 0 Å². The summed E-state index contributed by atoms with van der Waals surface area (Å²) < 4.78 is 11.1. The highest BCUT2D eigenvalue weighted by Crippen LogP contribution is 2.61. The molecule has 2 aliphatic rings. The number of ether oxygens (including phenoxy) is 2. The number of fused-ring (bicyclic) bond motifs is 1. The first-order valence-electron chi connectivity index (χ1n) is 9.70. The monoisotopic (exact) mass is 342 g/mol. The van der Waals surface area contributed by atoms with Gasteiger partial charge in [-0.3, -0.25) is 0 Å². The van der Waals surface area contributed by atoms with Crippen molar-refractivity contribution >= 4 is 0 Å². The van der Waals surface area contributed by atoms with Crippen molar-refractivity contribution in [3.05, 3.63) is 35.9 Å². The van der Waals surface area contributed by atoms with Crippen molar-refractivity contribution < 1.29 is 9.47 Å². The van der Waals surface area contributed by atoms with Crippen molar-refractivity contribution in [2.45, 2.75) is 59.3 Å². The van der Waals surface area contributed by atoms with Gasteiger partial charge in [0.05, 0.1) is 14.2 Å². The number of rotatable bonds is 4. The lowest BCUT2D eigenvalue weighted by Gasteiger charge is -2.58. The average Bonchev–Trinajstić information content (AvgIpc) is 2.57. The fourth-order valence-corrected chi connectivity index (χ4v) is 5.91. The van der Waals surface area contributed by atoms with E-state index in [9.17, 15) is 0 Å². The minimum absolute atomic E-state index is 0.338. The number of hydrogen-bond donors (Lipinski definition) is 0. The molecule has 1 aromatic rings. The van der Waals surface area contributed by atoms with Crippen LogP contribution >= 0.6 is 0 Å². The topological polar surface area (TPSA) is 18.5 Å². The van der Waals surface area contributed by atoms with Crippen molar-refractivity contribution in [3.63, 3.8) is 0 Å². The molecule has 0 aromatic heterocycles. The molecule has 2 fully saturated rings. The Labute approximate surface area is 153 Å². The molecule has 0 amide bonds. The van der Waals surface area contributed by atoms with Crippen LogP contribution in [0.4, 0.5) is 0 Å². The zero-order valence-electron chi connectivity index (χ0n) is 16.7. The van der Waals surface area contributed by atoms with Crippen LogP contribution in [0.3, 0.4) is 0 Å². The molecule has 0 unspecified atom stereocenters. The van der Waals surface area contributed by atoms with Crippen molar-refractivity contribution in [2.75, 3.05) is 14.2 Å². The molecule has 0 spiro atoms. The summed E-state index contributed by atoms with van der Waals surface area (Å²) in [6, 6.07) is 6.16. The summed E-state index contributed by atoms with van der Waals surface area (Å²) in [7, 11) is 3.49. The highest BCUT2D eigenvalue weighted by molar-refractivity contribution is 5.41. The zero-order chi connectivity index (χ0) is 18.2. The van der Waals surface area contributed by atoms with Gasteiger partial charge in [-0.2, -0.15) is 0 Å². The molecule has 0 heterocycles. The van der Waals surface area contributed by atoms with Crippen LogP contribution in [0.5, 0.6) is 11.5 Å². The molecule has 3 atom stereocenters. The largest absolute Gasteiger partial charge is 0.497 e. The van der Waals surface area contributed by atoms with E-state index in [1.54, 1.807) is 14.2 Å². The van der Waals surface area contributed by atoms with Crippen LogP contribution in [0, 0.1) is 22.7 Å². The van der Waals surface area contributed by atoms with Crippen LogP contribution in [0.1, 0.15) is 58.4 Å². The second-order valence-electron chi connectivity index (χ2n) is 9.03. The second-order valence-corrected chi connectivity index (χ2v) is 9.03. The standard InChI is InChI=1S/C23H34O2/c1-16-8-11-21-22(2,3)12-7-13-23(21,4)19(16)15-17-14-18(24-5)9-10-20(17)25-6/h9-10,14,19,21H,1,7-8,11-13,15H2,2-6H3/t19-,21+,23+/m1/s1. The Kier molecular flexibility index (Phi) is 4.92. The minimum Gasteiger partial charge on any atom is -0.497 e. The van der Waals surface area contributed by atoms with E-state index in [1.165, 1.54) is 43.2 Å². The Bertz CT molecular complexity index is 645. The van der Waals surface area contributed by atoms with E-state index in [2.05, 4.69) is 33.4 Å². The number of allylic oxidation sites excluding steroid dienone is 1. The molecule has 1 aromatic carbocycles. The molecule has 0 saturated heterocycles. The van der Waals surface area contributed by atoms with Crippen LogP contribution in [0.25, 0.3) is 0 Å². The fraction of sp³-hybridized carbons (Fsp3) is 0.652. The van der Waals surface area contributed by atoms with Gasteiger partial charge in [0.1, 0.15) is 11.5 Å². The first-order chi connectivity index (χ1) is 11.8. The molecule has 25 heavy (non-hydrogen) atoms. The van der Waals surface area contributed by atoms with Gasteiger partial charge in [-0.05, 0) is 78.5 Å². The van der Waals surface area contributed by atoms with Crippen molar-refractivity contribution in [2.24, 2.45) is 22.7 Å². The molecule has 0 radical (unpaired) electrons. The van der Waals surface area contributed by atoms with Crippen LogP contribution in [0.2, 0.25) is 0 Å². The van der Waals surface area contributed by atoms with E-state index >= 15 is 0 Å². The van der Waals surface area contributed by atoms with E-state index in [-0.39, 0.29) is 0 Å². The van der Waals surface area contributed by atoms with Crippen molar-refractivity contribution in [3.8, 4) is 11.5 Å². The summed E-state index contributed by atoms with van der Waals surface area (Å²) in [5.74, 6) is 3.17. The van der Waals surface area contributed by atoms with Gasteiger partial charge in [-0.15, -0.1) is 0 Å². The zero-order valence-corrected chi connectivity index (χ0v) is 16.7. The number of benzene rings is 1. The minimum atomic E-state index is 0.338. The predicted molar refractivity (Wildman–Crippen MR) is 104 cm³/mol. The van der Waals surface area contributed by atoms with Gasteiger partial charge < -0.3 is 9.47 Å². The highest BCUT2D eigenvalue weighted by Gasteiger charge is 2.52. The Morgan fingerprint density at radius 2 is 1.88 bits per heavy atom. The molecular weight excluding hydrogens is 308 g/mol. The fourth-order valence-electron chi connectivity index (χ4n) is 5.91. The lowest BCUT2D eigenvalue weighted by molar-refractivity contribution is -0.0518. The van der Waals surface area contributed by atoms with E-state index in [4.69, 9.17) is 9.47 Å². The molecule has 2 aliphatic carbocycles. The third-order valence-corrected chi connectivity index (χ3v) is 7.23. The van der Waals surface area contributed by atoms with Gasteiger partial charge in [0.15, 0.2) is 0 Å². The molecule has 3 rings (SSSR count). The normalized spacial score (nSPS) is 31.3. The first kappa shape index (κ1) is 18.4. The molecule has 2 nitrogen and oxygen atoms in total. The summed E-state index contributed by atoms with van der Waals surface area (Å²) in [5.41, 5.74) is 3.45. The molecule has 2 heteroatoms. The molecule has 0 N–H and O–H groups in total. The van der Waals surface area contributed by atoms with Gasteiger partial charge >= 0.3 is 0 Å². The van der Waals surface area contributed by atoms with Gasteiger partial charge in [0.2, 0.25) is 0 Å². The van der Waals surface area contributed by atoms with Crippen molar-refractivity contribution in [1.82, 2.24) is 0 Å². The highest BCUT2D eigenvalue weighted by atomic mass is 16.5. The SMILES string of the molecule is C=C1CC[C@H]2C(C)(C)CCC[C@@]2(C)[C@@H]1Cc1cc(OC)ccc1OC. The van der Waals surface area contributed by atoms with Crippen LogP contribution in [-0.4, -0.2) is 14.2 Å². The maximum atomic E-state index is 5.65. The second kappa shape index (κ2) is 6.70. The van der Waals surface area contributed by atoms with Crippen LogP contribution in [0.15, 0.2) is 30.4 Å². The van der Waals surface area contributed by atoms with Gasteiger partial charge in [-0.1, -0.05) is 39.3 Å². The van der Waals surface area contributed by atoms with E-state index in [1.807, 2.05) is 12.1 Å². The lowest BCUT2D eigenvalue weighted by atomic mass is 9.47. The third kappa shape index (κ3) is 3.20. The molecule has 0 aliphatic heterocycles. The average molecular weight is 343 g/mol.